The summed E-state index contributed by atoms with van der Waals surface area (Å²) < 4.78 is 28.8. The molecule has 0 saturated heterocycles. The number of carbonyl (C=O) groups is 2. The fourth-order valence-corrected chi connectivity index (χ4v) is 5.38. The third-order valence-corrected chi connectivity index (χ3v) is 6.65. The van der Waals surface area contributed by atoms with Crippen LogP contribution in [-0.2, 0) is 10.2 Å². The number of nitrogens with one attached hydrogen (secondary N) is 1. The molecular formula is C25H23ClF2N2O3. The van der Waals surface area contributed by atoms with Gasteiger partial charge >= 0.3 is 5.97 Å². The number of aliphatic carboxylic acids is 1. The van der Waals surface area contributed by atoms with Crippen molar-refractivity contribution in [2.45, 2.75) is 39.2 Å². The minimum absolute atomic E-state index is 0.154. The molecule has 3 aromatic rings. The zero-order valence-corrected chi connectivity index (χ0v) is 19.3. The molecule has 0 saturated carbocycles. The number of aromatic amines is 1. The highest BCUT2D eigenvalue weighted by Crippen LogP contribution is 2.45. The van der Waals surface area contributed by atoms with Gasteiger partial charge in [0.1, 0.15) is 11.6 Å². The van der Waals surface area contributed by atoms with E-state index in [2.05, 4.69) is 4.98 Å². The molecule has 8 heteroatoms. The normalized spacial score (nSPS) is 17.6. The predicted octanol–water partition coefficient (Wildman–Crippen LogP) is 5.98. The van der Waals surface area contributed by atoms with Gasteiger partial charge in [-0.25, -0.2) is 13.6 Å². The van der Waals surface area contributed by atoms with Crippen molar-refractivity contribution in [1.29, 1.82) is 0 Å². The van der Waals surface area contributed by atoms with E-state index in [9.17, 15) is 23.5 Å². The summed E-state index contributed by atoms with van der Waals surface area (Å²) in [7, 11) is 0. The number of aromatic nitrogens is 1. The molecule has 5 nitrogen and oxygen atoms in total. The largest absolute Gasteiger partial charge is 0.478 e. The minimum Gasteiger partial charge on any atom is -0.478 e. The van der Waals surface area contributed by atoms with Gasteiger partial charge in [-0.1, -0.05) is 57.5 Å². The van der Waals surface area contributed by atoms with E-state index in [-0.39, 0.29) is 11.5 Å². The van der Waals surface area contributed by atoms with Crippen LogP contribution in [0.2, 0.25) is 5.02 Å². The molecule has 2 aromatic carbocycles. The number of amides is 1. The van der Waals surface area contributed by atoms with Crippen molar-refractivity contribution in [1.82, 2.24) is 9.88 Å². The average molecular weight is 473 g/mol. The minimum atomic E-state index is -1.26. The molecular weight excluding hydrogens is 450 g/mol. The lowest BCUT2D eigenvalue weighted by Gasteiger charge is -2.42. The van der Waals surface area contributed by atoms with Crippen LogP contribution in [0, 0.1) is 17.6 Å². The Balaban J connectivity index is 2.05. The third-order valence-electron chi connectivity index (χ3n) is 6.28. The lowest BCUT2D eigenvalue weighted by Crippen LogP contribution is -2.50. The second-order valence-corrected chi connectivity index (χ2v) is 9.49. The van der Waals surface area contributed by atoms with Gasteiger partial charge in [0.25, 0.3) is 5.91 Å². The maximum Gasteiger partial charge on any atom is 0.339 e. The van der Waals surface area contributed by atoms with Crippen LogP contribution < -0.4 is 0 Å². The first-order valence-corrected chi connectivity index (χ1v) is 10.9. The van der Waals surface area contributed by atoms with Crippen molar-refractivity contribution in [3.63, 3.8) is 0 Å². The molecule has 4 rings (SSSR count). The van der Waals surface area contributed by atoms with Crippen molar-refractivity contribution in [2.75, 3.05) is 0 Å². The SMILES string of the molecule is CC(C)C1N(C(=O)c2c(F)ccc(F)c2Cl)C=C(C(=O)O)c2[nH]c3ccccc3c2C1(C)C. The van der Waals surface area contributed by atoms with Gasteiger partial charge in [-0.3, -0.25) is 4.79 Å². The van der Waals surface area contributed by atoms with E-state index in [4.69, 9.17) is 11.6 Å². The lowest BCUT2D eigenvalue weighted by atomic mass is 9.71. The highest BCUT2D eigenvalue weighted by atomic mass is 35.5. The number of hydrogen-bond donors (Lipinski definition) is 2. The number of H-pyrrole nitrogens is 1. The quantitative estimate of drug-likeness (QED) is 0.460. The summed E-state index contributed by atoms with van der Waals surface area (Å²) in [6.45, 7) is 7.62. The Morgan fingerprint density at radius 2 is 1.76 bits per heavy atom. The summed E-state index contributed by atoms with van der Waals surface area (Å²) in [5.74, 6) is -4.26. The van der Waals surface area contributed by atoms with E-state index in [1.807, 2.05) is 52.0 Å². The molecule has 1 aliphatic heterocycles. The Hall–Kier alpha value is -3.19. The molecule has 1 atom stereocenters. The van der Waals surface area contributed by atoms with Crippen molar-refractivity contribution in [3.05, 3.63) is 76.1 Å². The van der Waals surface area contributed by atoms with E-state index in [1.54, 1.807) is 0 Å². The van der Waals surface area contributed by atoms with E-state index < -0.39 is 45.6 Å². The lowest BCUT2D eigenvalue weighted by molar-refractivity contribution is -0.130. The highest BCUT2D eigenvalue weighted by molar-refractivity contribution is 6.34. The van der Waals surface area contributed by atoms with Crippen LogP contribution in [0.4, 0.5) is 8.78 Å². The van der Waals surface area contributed by atoms with Gasteiger partial charge in [0.15, 0.2) is 0 Å². The van der Waals surface area contributed by atoms with Gasteiger partial charge in [-0.15, -0.1) is 0 Å². The maximum atomic E-state index is 14.7. The topological polar surface area (TPSA) is 73.4 Å². The van der Waals surface area contributed by atoms with Gasteiger partial charge in [-0.2, -0.15) is 0 Å². The van der Waals surface area contributed by atoms with Gasteiger partial charge < -0.3 is 15.0 Å². The first-order chi connectivity index (χ1) is 15.5. The summed E-state index contributed by atoms with van der Waals surface area (Å²) in [6, 6.07) is 8.53. The fraction of sp³-hybridized carbons (Fsp3) is 0.280. The molecule has 1 amide bonds. The zero-order chi connectivity index (χ0) is 24.2. The number of benzene rings is 2. The van der Waals surface area contributed by atoms with Gasteiger partial charge in [-0.05, 0) is 29.7 Å². The van der Waals surface area contributed by atoms with E-state index in [1.165, 1.54) is 11.1 Å². The first-order valence-electron chi connectivity index (χ1n) is 10.5. The number of halogens is 3. The third kappa shape index (κ3) is 3.51. The predicted molar refractivity (Wildman–Crippen MR) is 123 cm³/mol. The molecule has 0 bridgehead atoms. The summed E-state index contributed by atoms with van der Waals surface area (Å²) in [5, 5.41) is 10.3. The van der Waals surface area contributed by atoms with Crippen molar-refractivity contribution in [3.8, 4) is 0 Å². The van der Waals surface area contributed by atoms with Crippen LogP contribution in [0.25, 0.3) is 16.5 Å². The molecule has 0 fully saturated rings. The maximum absolute atomic E-state index is 14.7. The van der Waals surface area contributed by atoms with E-state index in [0.29, 0.717) is 5.69 Å². The Kier molecular flexibility index (Phi) is 5.56. The number of carbonyl (C=O) groups excluding carboxylic acids is 1. The standard InChI is InChI=1S/C25H23ClF2N2O3/c1-12(2)22-25(3,4)19-13-7-5-6-8-17(13)29-21(19)14(24(32)33)11-30(22)23(31)18-15(27)9-10-16(28)20(18)26/h5-12,22,29H,1-4H3,(H,32,33). The second-order valence-electron chi connectivity index (χ2n) is 9.11. The molecule has 0 aliphatic carbocycles. The number of hydrogen-bond acceptors (Lipinski definition) is 2. The Morgan fingerprint density at radius 1 is 1.12 bits per heavy atom. The molecule has 1 unspecified atom stereocenters. The summed E-state index contributed by atoms with van der Waals surface area (Å²) >= 11 is 5.99. The fourth-order valence-electron chi connectivity index (χ4n) is 5.15. The van der Waals surface area contributed by atoms with Crippen LogP contribution in [0.15, 0.2) is 42.6 Å². The number of carboxylic acids is 1. The van der Waals surface area contributed by atoms with Crippen LogP contribution in [0.3, 0.4) is 0 Å². The summed E-state index contributed by atoms with van der Waals surface area (Å²) in [4.78, 5) is 30.4. The zero-order valence-electron chi connectivity index (χ0n) is 18.5. The van der Waals surface area contributed by atoms with Crippen molar-refractivity contribution in [2.24, 2.45) is 5.92 Å². The number of carboxylic acid groups (broad SMARTS) is 1. The molecule has 0 spiro atoms. The Bertz CT molecular complexity index is 1330. The monoisotopic (exact) mass is 472 g/mol. The Labute approximate surface area is 194 Å². The van der Waals surface area contributed by atoms with E-state index >= 15 is 0 Å². The molecule has 1 aromatic heterocycles. The smallest absolute Gasteiger partial charge is 0.339 e. The average Bonchev–Trinajstić information content (AvgIpc) is 3.08. The summed E-state index contributed by atoms with van der Waals surface area (Å²) in [5.41, 5.74) is 0.326. The highest BCUT2D eigenvalue weighted by Gasteiger charge is 2.46. The number of nitrogens with zero attached hydrogens (tertiary/aromatic N) is 1. The van der Waals surface area contributed by atoms with Crippen LogP contribution >= 0.6 is 11.6 Å². The first kappa shape index (κ1) is 23.0. The number of fused-ring (bicyclic) bond motifs is 3. The van der Waals surface area contributed by atoms with Crippen LogP contribution in [0.5, 0.6) is 0 Å². The molecule has 1 aliphatic rings. The molecule has 33 heavy (non-hydrogen) atoms. The molecule has 0 radical (unpaired) electrons. The van der Waals surface area contributed by atoms with Crippen LogP contribution in [-0.4, -0.2) is 32.9 Å². The van der Waals surface area contributed by atoms with Gasteiger partial charge in [0.05, 0.1) is 21.9 Å². The van der Waals surface area contributed by atoms with E-state index in [0.717, 1.165) is 28.6 Å². The van der Waals surface area contributed by atoms with Crippen molar-refractivity contribution < 1.29 is 23.5 Å². The van der Waals surface area contributed by atoms with Crippen LogP contribution in [0.1, 0.15) is 49.3 Å². The Morgan fingerprint density at radius 3 is 2.39 bits per heavy atom. The number of rotatable bonds is 3. The molecule has 2 N–H and O–H groups in total. The molecule has 2 heterocycles. The summed E-state index contributed by atoms with van der Waals surface area (Å²) in [6.07, 6.45) is 1.21. The van der Waals surface area contributed by atoms with Gasteiger partial charge in [0.2, 0.25) is 0 Å². The molecule has 172 valence electrons. The number of para-hydroxylation sites is 1. The van der Waals surface area contributed by atoms with Gasteiger partial charge in [0, 0.05) is 28.6 Å². The second kappa shape index (κ2) is 7.99. The van der Waals surface area contributed by atoms with Crippen molar-refractivity contribution >= 4 is 40.0 Å².